The fourth-order valence-electron chi connectivity index (χ4n) is 2.69. The van der Waals surface area contributed by atoms with Crippen molar-refractivity contribution in [3.05, 3.63) is 33.8 Å². The van der Waals surface area contributed by atoms with Crippen LogP contribution in [0.25, 0.3) is 0 Å². The van der Waals surface area contributed by atoms with E-state index in [1.165, 1.54) is 0 Å². The molecule has 1 fully saturated rings. The summed E-state index contributed by atoms with van der Waals surface area (Å²) < 4.78 is 6.27. The molecule has 4 nitrogen and oxygen atoms in total. The third-order valence-corrected chi connectivity index (χ3v) is 5.01. The Labute approximate surface area is 128 Å². The minimum atomic E-state index is 0.0468. The van der Waals surface area contributed by atoms with Gasteiger partial charge in [0.25, 0.3) is 5.91 Å². The van der Waals surface area contributed by atoms with Crippen LogP contribution in [0.2, 0.25) is 0 Å². The Kier molecular flexibility index (Phi) is 5.18. The average molecular weight is 341 g/mol. The van der Waals surface area contributed by atoms with Crippen molar-refractivity contribution in [2.45, 2.75) is 31.9 Å². The highest BCUT2D eigenvalue weighted by Crippen LogP contribution is 2.26. The van der Waals surface area contributed by atoms with Crippen molar-refractivity contribution < 1.29 is 9.53 Å². The Balaban J connectivity index is 2.22. The van der Waals surface area contributed by atoms with Crippen LogP contribution in [0.5, 0.6) is 0 Å². The number of aryl methyl sites for hydroxylation is 1. The van der Waals surface area contributed by atoms with E-state index in [4.69, 9.17) is 10.5 Å². The molecule has 0 aromatic heterocycles. The van der Waals surface area contributed by atoms with E-state index >= 15 is 0 Å². The molecule has 2 atom stereocenters. The van der Waals surface area contributed by atoms with Crippen molar-refractivity contribution in [1.82, 2.24) is 4.90 Å². The maximum Gasteiger partial charge on any atom is 0.255 e. The maximum absolute atomic E-state index is 12.7. The van der Waals surface area contributed by atoms with Gasteiger partial charge in [-0.1, -0.05) is 12.1 Å². The summed E-state index contributed by atoms with van der Waals surface area (Å²) in [5.74, 6) is 0.0468. The zero-order chi connectivity index (χ0) is 14.7. The number of nitrogens with two attached hydrogens (primary N) is 1. The molecule has 2 N–H and O–H groups in total. The molecule has 1 amide bonds. The van der Waals surface area contributed by atoms with Gasteiger partial charge in [0.15, 0.2) is 0 Å². The first kappa shape index (κ1) is 15.5. The second kappa shape index (κ2) is 6.70. The van der Waals surface area contributed by atoms with Gasteiger partial charge in [0.2, 0.25) is 0 Å². The van der Waals surface area contributed by atoms with Gasteiger partial charge in [0.05, 0.1) is 11.7 Å². The summed E-state index contributed by atoms with van der Waals surface area (Å²) in [4.78, 5) is 14.6. The summed E-state index contributed by atoms with van der Waals surface area (Å²) in [7, 11) is 1.72. The van der Waals surface area contributed by atoms with E-state index in [0.717, 1.165) is 22.9 Å². The van der Waals surface area contributed by atoms with E-state index in [2.05, 4.69) is 15.9 Å². The summed E-state index contributed by atoms with van der Waals surface area (Å²) in [5.41, 5.74) is 7.60. The number of nitrogens with zero attached hydrogens (tertiary/aromatic N) is 1. The van der Waals surface area contributed by atoms with Gasteiger partial charge < -0.3 is 15.4 Å². The van der Waals surface area contributed by atoms with E-state index in [1.54, 1.807) is 7.11 Å². The van der Waals surface area contributed by atoms with Crippen molar-refractivity contribution >= 4 is 21.8 Å². The molecule has 5 heteroatoms. The number of amides is 1. The summed E-state index contributed by atoms with van der Waals surface area (Å²) in [6.45, 7) is 3.15. The minimum Gasteiger partial charge on any atom is -0.381 e. The SMILES string of the molecule is COC1CCN(C(=O)c2cccc(C)c2Br)C(CN)C1. The Hall–Kier alpha value is -0.910. The van der Waals surface area contributed by atoms with E-state index in [0.29, 0.717) is 18.7 Å². The molecule has 110 valence electrons. The van der Waals surface area contributed by atoms with Crippen molar-refractivity contribution in [2.24, 2.45) is 5.73 Å². The van der Waals surface area contributed by atoms with Gasteiger partial charge >= 0.3 is 0 Å². The maximum atomic E-state index is 12.7. The molecule has 1 aromatic carbocycles. The lowest BCUT2D eigenvalue weighted by molar-refractivity contribution is 0.0138. The smallest absolute Gasteiger partial charge is 0.255 e. The van der Waals surface area contributed by atoms with E-state index in [-0.39, 0.29) is 18.1 Å². The molecule has 2 rings (SSSR count). The molecule has 1 aliphatic rings. The Bertz CT molecular complexity index is 493. The fourth-order valence-corrected chi connectivity index (χ4v) is 3.12. The first-order valence-electron chi connectivity index (χ1n) is 6.87. The van der Waals surface area contributed by atoms with Crippen LogP contribution in [-0.2, 0) is 4.74 Å². The fraction of sp³-hybridized carbons (Fsp3) is 0.533. The number of methoxy groups -OCH3 is 1. The van der Waals surface area contributed by atoms with E-state index in [1.807, 2.05) is 30.0 Å². The monoisotopic (exact) mass is 340 g/mol. The van der Waals surface area contributed by atoms with Crippen LogP contribution < -0.4 is 5.73 Å². The van der Waals surface area contributed by atoms with Gasteiger partial charge in [-0.05, 0) is 47.3 Å². The highest BCUT2D eigenvalue weighted by Gasteiger charge is 2.32. The van der Waals surface area contributed by atoms with E-state index < -0.39 is 0 Å². The van der Waals surface area contributed by atoms with E-state index in [9.17, 15) is 4.79 Å². The second-order valence-electron chi connectivity index (χ2n) is 5.21. The van der Waals surface area contributed by atoms with Crippen LogP contribution in [-0.4, -0.2) is 43.2 Å². The molecule has 0 bridgehead atoms. The Morgan fingerprint density at radius 3 is 2.95 bits per heavy atom. The molecule has 1 aliphatic heterocycles. The average Bonchev–Trinajstić information content (AvgIpc) is 2.48. The summed E-state index contributed by atoms with van der Waals surface area (Å²) in [5, 5.41) is 0. The van der Waals surface area contributed by atoms with Gasteiger partial charge in [-0.15, -0.1) is 0 Å². The van der Waals surface area contributed by atoms with Crippen molar-refractivity contribution in [2.75, 3.05) is 20.2 Å². The second-order valence-corrected chi connectivity index (χ2v) is 6.00. The topological polar surface area (TPSA) is 55.6 Å². The minimum absolute atomic E-state index is 0.0468. The molecule has 20 heavy (non-hydrogen) atoms. The van der Waals surface area contributed by atoms with Crippen LogP contribution in [0.15, 0.2) is 22.7 Å². The van der Waals surface area contributed by atoms with Crippen LogP contribution in [0.1, 0.15) is 28.8 Å². The van der Waals surface area contributed by atoms with Gasteiger partial charge in [0, 0.05) is 30.7 Å². The Morgan fingerprint density at radius 1 is 1.55 bits per heavy atom. The number of carbonyl (C=O) groups excluding carboxylic acids is 1. The van der Waals surface area contributed by atoms with Gasteiger partial charge in [0.1, 0.15) is 0 Å². The molecule has 0 spiro atoms. The molecular formula is C15H21BrN2O2. The number of ether oxygens (including phenoxy) is 1. The lowest BCUT2D eigenvalue weighted by Gasteiger charge is -2.38. The van der Waals surface area contributed by atoms with Crippen molar-refractivity contribution in [3.8, 4) is 0 Å². The molecule has 0 aliphatic carbocycles. The number of piperidine rings is 1. The Morgan fingerprint density at radius 2 is 2.30 bits per heavy atom. The third kappa shape index (κ3) is 3.05. The van der Waals surface area contributed by atoms with Crippen LogP contribution in [0, 0.1) is 6.92 Å². The van der Waals surface area contributed by atoms with Crippen LogP contribution >= 0.6 is 15.9 Å². The molecule has 0 saturated carbocycles. The number of likely N-dealkylation sites (tertiary alicyclic amines) is 1. The summed E-state index contributed by atoms with van der Waals surface area (Å²) in [6.07, 6.45) is 1.87. The summed E-state index contributed by atoms with van der Waals surface area (Å²) >= 11 is 3.51. The summed E-state index contributed by atoms with van der Waals surface area (Å²) in [6, 6.07) is 5.80. The third-order valence-electron chi connectivity index (χ3n) is 3.96. The lowest BCUT2D eigenvalue weighted by atomic mass is 9.98. The van der Waals surface area contributed by atoms with Gasteiger partial charge in [-0.25, -0.2) is 0 Å². The molecule has 0 radical (unpaired) electrons. The lowest BCUT2D eigenvalue weighted by Crippen LogP contribution is -2.51. The zero-order valence-corrected chi connectivity index (χ0v) is 13.5. The van der Waals surface area contributed by atoms with Gasteiger partial charge in [-0.2, -0.15) is 0 Å². The molecule has 1 aromatic rings. The molecule has 1 heterocycles. The normalized spacial score (nSPS) is 22.9. The highest BCUT2D eigenvalue weighted by atomic mass is 79.9. The predicted octanol–water partition coefficient (Wildman–Crippen LogP) is 2.34. The predicted molar refractivity (Wildman–Crippen MR) is 82.8 cm³/mol. The number of hydrogen-bond donors (Lipinski definition) is 1. The standard InChI is InChI=1S/C15H21BrN2O2/c1-10-4-3-5-13(14(10)16)15(19)18-7-6-12(20-2)8-11(18)9-17/h3-5,11-12H,6-9,17H2,1-2H3. The molecular weight excluding hydrogens is 320 g/mol. The number of benzene rings is 1. The largest absolute Gasteiger partial charge is 0.381 e. The number of carbonyl (C=O) groups is 1. The van der Waals surface area contributed by atoms with Crippen molar-refractivity contribution in [1.29, 1.82) is 0 Å². The van der Waals surface area contributed by atoms with Crippen LogP contribution in [0.3, 0.4) is 0 Å². The highest BCUT2D eigenvalue weighted by molar-refractivity contribution is 9.10. The van der Waals surface area contributed by atoms with Crippen LogP contribution in [0.4, 0.5) is 0 Å². The quantitative estimate of drug-likeness (QED) is 0.918. The molecule has 1 saturated heterocycles. The number of hydrogen-bond acceptors (Lipinski definition) is 3. The number of halogens is 1. The first-order chi connectivity index (χ1) is 9.58. The van der Waals surface area contributed by atoms with Gasteiger partial charge in [-0.3, -0.25) is 4.79 Å². The zero-order valence-electron chi connectivity index (χ0n) is 11.9. The number of rotatable bonds is 3. The molecule has 2 unspecified atom stereocenters. The van der Waals surface area contributed by atoms with Crippen molar-refractivity contribution in [3.63, 3.8) is 0 Å². The first-order valence-corrected chi connectivity index (χ1v) is 7.66.